The van der Waals surface area contributed by atoms with E-state index in [1.807, 2.05) is 20.8 Å². The number of carbonyl (C=O) groups excluding carboxylic acids is 1. The maximum Gasteiger partial charge on any atom is 0.422 e. The number of nitrogens with one attached hydrogen (secondary N) is 1. The fourth-order valence-corrected chi connectivity index (χ4v) is 1.47. The normalized spacial score (nSPS) is 13.9. The minimum atomic E-state index is -4.53. The summed E-state index contributed by atoms with van der Waals surface area (Å²) in [5, 5.41) is 2.46. The molecule has 0 aliphatic carbocycles. The van der Waals surface area contributed by atoms with Crippen LogP contribution in [-0.2, 0) is 11.3 Å². The molecule has 114 valence electrons. The van der Waals surface area contributed by atoms with Crippen LogP contribution in [-0.4, -0.2) is 34.5 Å². The van der Waals surface area contributed by atoms with Crippen LogP contribution in [0.25, 0.3) is 0 Å². The molecular formula is C12H18F3N3O2. The van der Waals surface area contributed by atoms with Crippen molar-refractivity contribution in [2.45, 2.75) is 39.5 Å². The summed E-state index contributed by atoms with van der Waals surface area (Å²) < 4.78 is 41.8. The van der Waals surface area contributed by atoms with Crippen LogP contribution >= 0.6 is 0 Å². The molecule has 0 bridgehead atoms. The number of hydrogen-bond donors (Lipinski definition) is 1. The Bertz CT molecular complexity index is 424. The second-order valence-corrected chi connectivity index (χ2v) is 5.51. The zero-order valence-corrected chi connectivity index (χ0v) is 11.6. The molecule has 1 aromatic rings. The second-order valence-electron chi connectivity index (χ2n) is 5.51. The lowest BCUT2D eigenvalue weighted by atomic mass is 9.86. The van der Waals surface area contributed by atoms with Gasteiger partial charge in [0.05, 0.1) is 12.4 Å². The van der Waals surface area contributed by atoms with E-state index in [2.05, 4.69) is 15.0 Å². The summed E-state index contributed by atoms with van der Waals surface area (Å²) in [5.41, 5.74) is -0.346. The maximum absolute atomic E-state index is 12.0. The number of imidazole rings is 1. The number of carbonyl (C=O) groups is 1. The van der Waals surface area contributed by atoms with Gasteiger partial charge in [0.25, 0.3) is 0 Å². The van der Waals surface area contributed by atoms with E-state index < -0.39 is 24.9 Å². The number of nitrogens with zero attached hydrogens (tertiary/aromatic N) is 2. The summed E-state index contributed by atoms with van der Waals surface area (Å²) in [5.74, 6) is 0. The SMILES string of the molecule is CC(C)(C)C(Cn1ccnc1)NC(=O)OCC(F)(F)F. The maximum atomic E-state index is 12.0. The highest BCUT2D eigenvalue weighted by Crippen LogP contribution is 2.21. The largest absolute Gasteiger partial charge is 0.440 e. The summed E-state index contributed by atoms with van der Waals surface area (Å²) in [4.78, 5) is 15.3. The first-order valence-electron chi connectivity index (χ1n) is 6.04. The van der Waals surface area contributed by atoms with E-state index in [9.17, 15) is 18.0 Å². The highest BCUT2D eigenvalue weighted by molar-refractivity contribution is 5.67. The minimum Gasteiger partial charge on any atom is -0.440 e. The van der Waals surface area contributed by atoms with Crippen LogP contribution in [0.4, 0.5) is 18.0 Å². The molecule has 0 saturated heterocycles. The van der Waals surface area contributed by atoms with Gasteiger partial charge in [0, 0.05) is 18.9 Å². The fourth-order valence-electron chi connectivity index (χ4n) is 1.47. The lowest BCUT2D eigenvalue weighted by molar-refractivity contribution is -0.160. The Balaban J connectivity index is 2.59. The third-order valence-corrected chi connectivity index (χ3v) is 2.66. The summed E-state index contributed by atoms with van der Waals surface area (Å²) in [7, 11) is 0. The molecule has 1 atom stereocenters. The summed E-state index contributed by atoms with van der Waals surface area (Å²) in [6, 6.07) is -0.391. The molecule has 0 radical (unpaired) electrons. The molecule has 20 heavy (non-hydrogen) atoms. The molecule has 1 unspecified atom stereocenters. The topological polar surface area (TPSA) is 56.2 Å². The van der Waals surface area contributed by atoms with Gasteiger partial charge in [-0.2, -0.15) is 13.2 Å². The number of aromatic nitrogens is 2. The molecule has 1 N–H and O–H groups in total. The van der Waals surface area contributed by atoms with Crippen molar-refractivity contribution in [1.29, 1.82) is 0 Å². The first kappa shape index (κ1) is 16.3. The predicted molar refractivity (Wildman–Crippen MR) is 66.0 cm³/mol. The van der Waals surface area contributed by atoms with E-state index >= 15 is 0 Å². The van der Waals surface area contributed by atoms with Crippen LogP contribution in [0.5, 0.6) is 0 Å². The van der Waals surface area contributed by atoms with Crippen molar-refractivity contribution in [3.63, 3.8) is 0 Å². The molecule has 8 heteroatoms. The molecule has 1 aromatic heterocycles. The van der Waals surface area contributed by atoms with E-state index in [1.54, 1.807) is 23.3 Å². The molecule has 0 aliphatic heterocycles. The minimum absolute atomic E-state index is 0.346. The molecule has 5 nitrogen and oxygen atoms in total. The van der Waals surface area contributed by atoms with Gasteiger partial charge in [-0.05, 0) is 5.41 Å². The van der Waals surface area contributed by atoms with Gasteiger partial charge in [0.2, 0.25) is 0 Å². The average molecular weight is 293 g/mol. The number of ether oxygens (including phenoxy) is 1. The van der Waals surface area contributed by atoms with Crippen LogP contribution < -0.4 is 5.32 Å². The zero-order chi connectivity index (χ0) is 15.4. The summed E-state index contributed by atoms with van der Waals surface area (Å²) in [6.07, 6.45) is -0.744. The molecule has 1 heterocycles. The van der Waals surface area contributed by atoms with Gasteiger partial charge in [-0.15, -0.1) is 0 Å². The van der Waals surface area contributed by atoms with E-state index in [1.165, 1.54) is 0 Å². The van der Waals surface area contributed by atoms with Crippen molar-refractivity contribution < 1.29 is 22.7 Å². The quantitative estimate of drug-likeness (QED) is 0.928. The second kappa shape index (κ2) is 6.15. The molecule has 1 amide bonds. The summed E-state index contributed by atoms with van der Waals surface area (Å²) >= 11 is 0. The number of hydrogen-bond acceptors (Lipinski definition) is 3. The molecule has 0 fully saturated rings. The van der Waals surface area contributed by atoms with Crippen molar-refractivity contribution in [3.8, 4) is 0 Å². The Hall–Kier alpha value is -1.73. The molecule has 0 aromatic carbocycles. The Morgan fingerprint density at radius 1 is 1.40 bits per heavy atom. The van der Waals surface area contributed by atoms with Gasteiger partial charge in [0.1, 0.15) is 0 Å². The van der Waals surface area contributed by atoms with Crippen molar-refractivity contribution in [2.24, 2.45) is 5.41 Å². The van der Waals surface area contributed by atoms with Crippen molar-refractivity contribution in [2.75, 3.05) is 6.61 Å². The van der Waals surface area contributed by atoms with Crippen LogP contribution in [0.3, 0.4) is 0 Å². The Labute approximate surface area is 115 Å². The van der Waals surface area contributed by atoms with Gasteiger partial charge in [-0.3, -0.25) is 0 Å². The van der Waals surface area contributed by atoms with Gasteiger partial charge in [0.15, 0.2) is 6.61 Å². The molecule has 0 aliphatic rings. The lowest BCUT2D eigenvalue weighted by Gasteiger charge is -2.31. The standard InChI is InChI=1S/C12H18F3N3O2/c1-11(2,3)9(6-18-5-4-16-8-18)17-10(19)20-7-12(13,14)15/h4-5,8-9H,6-7H2,1-3H3,(H,17,19). The number of alkyl carbamates (subject to hydrolysis) is 1. The smallest absolute Gasteiger partial charge is 0.422 e. The van der Waals surface area contributed by atoms with Crippen molar-refractivity contribution >= 4 is 6.09 Å². The lowest BCUT2D eigenvalue weighted by Crippen LogP contribution is -2.47. The molecule has 0 saturated carbocycles. The zero-order valence-electron chi connectivity index (χ0n) is 11.6. The number of rotatable bonds is 4. The van der Waals surface area contributed by atoms with Crippen LogP contribution in [0.15, 0.2) is 18.7 Å². The van der Waals surface area contributed by atoms with Crippen molar-refractivity contribution in [3.05, 3.63) is 18.7 Å². The number of amides is 1. The van der Waals surface area contributed by atoms with Gasteiger partial charge in [-0.25, -0.2) is 9.78 Å². The van der Waals surface area contributed by atoms with Crippen LogP contribution in [0.2, 0.25) is 0 Å². The van der Waals surface area contributed by atoms with Crippen LogP contribution in [0, 0.1) is 5.41 Å². The first-order chi connectivity index (χ1) is 9.08. The van der Waals surface area contributed by atoms with Crippen molar-refractivity contribution in [1.82, 2.24) is 14.9 Å². The number of halogens is 3. The van der Waals surface area contributed by atoms with Crippen LogP contribution in [0.1, 0.15) is 20.8 Å². The number of alkyl halides is 3. The highest BCUT2D eigenvalue weighted by Gasteiger charge is 2.31. The predicted octanol–water partition coefficient (Wildman–Crippen LogP) is 2.59. The summed E-state index contributed by atoms with van der Waals surface area (Å²) in [6.45, 7) is 4.42. The monoisotopic (exact) mass is 293 g/mol. The molecule has 0 spiro atoms. The highest BCUT2D eigenvalue weighted by atomic mass is 19.4. The third kappa shape index (κ3) is 5.94. The van der Waals surface area contributed by atoms with E-state index in [0.29, 0.717) is 6.54 Å². The molecule has 1 rings (SSSR count). The van der Waals surface area contributed by atoms with Gasteiger partial charge in [-0.1, -0.05) is 20.8 Å². The fraction of sp³-hybridized carbons (Fsp3) is 0.667. The molecular weight excluding hydrogens is 275 g/mol. The average Bonchev–Trinajstić information content (AvgIpc) is 2.76. The first-order valence-corrected chi connectivity index (χ1v) is 6.04. The van der Waals surface area contributed by atoms with E-state index in [0.717, 1.165) is 0 Å². The third-order valence-electron chi connectivity index (χ3n) is 2.66. The van der Waals surface area contributed by atoms with E-state index in [-0.39, 0.29) is 5.41 Å². The Morgan fingerprint density at radius 3 is 2.50 bits per heavy atom. The van der Waals surface area contributed by atoms with Gasteiger partial charge >= 0.3 is 12.3 Å². The Morgan fingerprint density at radius 2 is 2.05 bits per heavy atom. The van der Waals surface area contributed by atoms with E-state index in [4.69, 9.17) is 0 Å². The van der Waals surface area contributed by atoms with Gasteiger partial charge < -0.3 is 14.6 Å². The Kier molecular flexibility index (Phi) is 5.02.